The lowest BCUT2D eigenvalue weighted by atomic mass is 10.2. The molecule has 0 aliphatic rings. The second-order valence-corrected chi connectivity index (χ2v) is 6.25. The van der Waals surface area contributed by atoms with Crippen molar-refractivity contribution in [3.63, 3.8) is 0 Å². The summed E-state index contributed by atoms with van der Waals surface area (Å²) in [7, 11) is 1.77. The highest BCUT2D eigenvalue weighted by molar-refractivity contribution is 8.00. The summed E-state index contributed by atoms with van der Waals surface area (Å²) >= 11 is 1.41. The van der Waals surface area contributed by atoms with Gasteiger partial charge in [0, 0.05) is 17.8 Å². The number of hydrogen-bond acceptors (Lipinski definition) is 5. The summed E-state index contributed by atoms with van der Waals surface area (Å²) in [6, 6.07) is 11.7. The summed E-state index contributed by atoms with van der Waals surface area (Å²) in [5, 5.41) is 11.0. The fourth-order valence-electron chi connectivity index (χ4n) is 2.24. The molecule has 0 N–H and O–H groups in total. The van der Waals surface area contributed by atoms with Crippen molar-refractivity contribution in [2.45, 2.75) is 18.5 Å². The molecular weight excluding hydrogens is 310 g/mol. The minimum absolute atomic E-state index is 0.0267. The van der Waals surface area contributed by atoms with E-state index in [0.717, 1.165) is 27.3 Å². The maximum Gasteiger partial charge on any atom is 0.233 e. The Bertz CT molecular complexity index is 826. The van der Waals surface area contributed by atoms with Crippen LogP contribution in [-0.2, 0) is 11.3 Å². The van der Waals surface area contributed by atoms with E-state index in [-0.39, 0.29) is 5.91 Å². The number of thioether (sulfide) groups is 1. The topological polar surface area (TPSA) is 59.2 Å². The minimum Gasteiger partial charge on any atom is -0.464 e. The Hall–Kier alpha value is -2.34. The van der Waals surface area contributed by atoms with Gasteiger partial charge in [0.2, 0.25) is 5.91 Å². The van der Waals surface area contributed by atoms with Gasteiger partial charge in [-0.15, -0.1) is 5.10 Å². The van der Waals surface area contributed by atoms with Gasteiger partial charge in [-0.05, 0) is 19.1 Å². The third-order valence-corrected chi connectivity index (χ3v) is 4.45. The monoisotopic (exact) mass is 327 g/mol. The molecule has 5 nitrogen and oxygen atoms in total. The molecule has 23 heavy (non-hydrogen) atoms. The second-order valence-electron chi connectivity index (χ2n) is 5.29. The van der Waals surface area contributed by atoms with Crippen molar-refractivity contribution < 1.29 is 9.21 Å². The summed E-state index contributed by atoms with van der Waals surface area (Å²) in [5.41, 5.74) is 0. The van der Waals surface area contributed by atoms with Crippen molar-refractivity contribution in [1.29, 1.82) is 0 Å². The number of hydrogen-bond donors (Lipinski definition) is 0. The molecule has 0 fully saturated rings. The number of aromatic nitrogens is 2. The summed E-state index contributed by atoms with van der Waals surface area (Å²) < 4.78 is 5.50. The maximum absolute atomic E-state index is 12.3. The van der Waals surface area contributed by atoms with Crippen molar-refractivity contribution >= 4 is 28.4 Å². The zero-order valence-electron chi connectivity index (χ0n) is 13.0. The van der Waals surface area contributed by atoms with Gasteiger partial charge in [0.25, 0.3) is 0 Å². The van der Waals surface area contributed by atoms with Crippen LogP contribution in [0.1, 0.15) is 11.5 Å². The van der Waals surface area contributed by atoms with E-state index in [4.69, 9.17) is 4.42 Å². The average molecular weight is 327 g/mol. The number of benzene rings is 1. The zero-order chi connectivity index (χ0) is 16.2. The van der Waals surface area contributed by atoms with Gasteiger partial charge in [-0.2, -0.15) is 5.10 Å². The molecule has 2 aromatic heterocycles. The average Bonchev–Trinajstić information content (AvgIpc) is 2.97. The van der Waals surface area contributed by atoms with E-state index in [1.165, 1.54) is 11.8 Å². The molecule has 3 rings (SSSR count). The van der Waals surface area contributed by atoms with Crippen LogP contribution < -0.4 is 0 Å². The van der Waals surface area contributed by atoms with Crippen LogP contribution in [0.25, 0.3) is 10.8 Å². The Morgan fingerprint density at radius 1 is 1.26 bits per heavy atom. The summed E-state index contributed by atoms with van der Waals surface area (Å²) in [6.45, 7) is 2.36. The van der Waals surface area contributed by atoms with E-state index < -0.39 is 0 Å². The third-order valence-electron chi connectivity index (χ3n) is 3.48. The molecule has 6 heteroatoms. The normalized spacial score (nSPS) is 10.9. The first-order valence-corrected chi connectivity index (χ1v) is 8.24. The molecule has 2 heterocycles. The first kappa shape index (κ1) is 15.6. The maximum atomic E-state index is 12.3. The molecule has 0 bridgehead atoms. The third kappa shape index (κ3) is 3.71. The van der Waals surface area contributed by atoms with Crippen molar-refractivity contribution in [2.24, 2.45) is 0 Å². The first-order valence-electron chi connectivity index (χ1n) is 7.26. The van der Waals surface area contributed by atoms with Gasteiger partial charge in [-0.1, -0.05) is 36.0 Å². The van der Waals surface area contributed by atoms with Gasteiger partial charge in [0.15, 0.2) is 0 Å². The Kier molecular flexibility index (Phi) is 4.62. The molecule has 0 saturated heterocycles. The van der Waals surface area contributed by atoms with E-state index in [9.17, 15) is 4.79 Å². The quantitative estimate of drug-likeness (QED) is 0.673. The number of nitrogens with zero attached hydrogens (tertiary/aromatic N) is 3. The van der Waals surface area contributed by atoms with Crippen LogP contribution in [0.3, 0.4) is 0 Å². The van der Waals surface area contributed by atoms with Crippen molar-refractivity contribution in [1.82, 2.24) is 15.1 Å². The molecule has 1 aromatic carbocycles. The Morgan fingerprint density at radius 3 is 2.87 bits per heavy atom. The number of aryl methyl sites for hydroxylation is 1. The van der Waals surface area contributed by atoms with Crippen molar-refractivity contribution in [3.8, 4) is 0 Å². The SMILES string of the molecule is Cc1ccc(CN(C)C(=O)CSc2nncc3ccccc23)o1. The highest BCUT2D eigenvalue weighted by Gasteiger charge is 2.13. The molecule has 0 radical (unpaired) electrons. The van der Waals surface area contributed by atoms with Crippen LogP contribution in [0.4, 0.5) is 0 Å². The minimum atomic E-state index is 0.0267. The van der Waals surface area contributed by atoms with Crippen LogP contribution in [0, 0.1) is 6.92 Å². The lowest BCUT2D eigenvalue weighted by Crippen LogP contribution is -2.27. The molecule has 0 spiro atoms. The van der Waals surface area contributed by atoms with E-state index in [2.05, 4.69) is 10.2 Å². The number of carbonyl (C=O) groups excluding carboxylic acids is 1. The van der Waals surface area contributed by atoms with E-state index in [0.29, 0.717) is 12.3 Å². The molecule has 0 aliphatic heterocycles. The van der Waals surface area contributed by atoms with Gasteiger partial charge in [0.1, 0.15) is 16.5 Å². The van der Waals surface area contributed by atoms with E-state index >= 15 is 0 Å². The summed E-state index contributed by atoms with van der Waals surface area (Å²) in [5.74, 6) is 1.98. The van der Waals surface area contributed by atoms with Crippen molar-refractivity contribution in [3.05, 3.63) is 54.1 Å². The van der Waals surface area contributed by atoms with Gasteiger partial charge < -0.3 is 9.32 Å². The van der Waals surface area contributed by atoms with Crippen LogP contribution in [0.5, 0.6) is 0 Å². The standard InChI is InChI=1S/C17H17N3O2S/c1-12-7-8-14(22-12)10-20(2)16(21)11-23-17-15-6-4-3-5-13(15)9-18-19-17/h3-9H,10-11H2,1-2H3. The van der Waals surface area contributed by atoms with Crippen LogP contribution >= 0.6 is 11.8 Å². The van der Waals surface area contributed by atoms with E-state index in [1.807, 2.05) is 43.3 Å². The molecule has 0 unspecified atom stereocenters. The molecule has 118 valence electrons. The Balaban J connectivity index is 1.63. The Labute approximate surface area is 138 Å². The highest BCUT2D eigenvalue weighted by Crippen LogP contribution is 2.24. The molecule has 3 aromatic rings. The van der Waals surface area contributed by atoms with Gasteiger partial charge in [-0.25, -0.2) is 0 Å². The molecule has 0 atom stereocenters. The van der Waals surface area contributed by atoms with Gasteiger partial charge in [-0.3, -0.25) is 4.79 Å². The largest absolute Gasteiger partial charge is 0.464 e. The van der Waals surface area contributed by atoms with Crippen LogP contribution in [0.2, 0.25) is 0 Å². The predicted octanol–water partition coefficient (Wildman–Crippen LogP) is 3.28. The lowest BCUT2D eigenvalue weighted by molar-refractivity contribution is -0.127. The summed E-state index contributed by atoms with van der Waals surface area (Å²) in [4.78, 5) is 13.9. The lowest BCUT2D eigenvalue weighted by Gasteiger charge is -2.15. The van der Waals surface area contributed by atoms with Crippen molar-refractivity contribution in [2.75, 3.05) is 12.8 Å². The molecule has 0 aliphatic carbocycles. The molecule has 1 amide bonds. The fraction of sp³-hybridized carbons (Fsp3) is 0.235. The number of fused-ring (bicyclic) bond motifs is 1. The number of amides is 1. The first-order chi connectivity index (χ1) is 11.1. The highest BCUT2D eigenvalue weighted by atomic mass is 32.2. The molecular formula is C17H17N3O2S. The second kappa shape index (κ2) is 6.83. The van der Waals surface area contributed by atoms with Crippen LogP contribution in [-0.4, -0.2) is 33.8 Å². The molecule has 0 saturated carbocycles. The number of carbonyl (C=O) groups is 1. The van der Waals surface area contributed by atoms with E-state index in [1.54, 1.807) is 18.1 Å². The predicted molar refractivity (Wildman–Crippen MR) is 90.2 cm³/mol. The number of rotatable bonds is 5. The zero-order valence-corrected chi connectivity index (χ0v) is 13.8. The van der Waals surface area contributed by atoms with Gasteiger partial charge in [0.05, 0.1) is 18.5 Å². The van der Waals surface area contributed by atoms with Crippen LogP contribution in [0.15, 0.2) is 52.0 Å². The smallest absolute Gasteiger partial charge is 0.233 e. The summed E-state index contributed by atoms with van der Waals surface area (Å²) in [6.07, 6.45) is 1.73. The Morgan fingerprint density at radius 2 is 2.09 bits per heavy atom. The van der Waals surface area contributed by atoms with Gasteiger partial charge >= 0.3 is 0 Å². The fourth-order valence-corrected chi connectivity index (χ4v) is 3.17. The number of furan rings is 1.